The van der Waals surface area contributed by atoms with Crippen LogP contribution in [-0.4, -0.2) is 44.3 Å². The molecule has 0 aromatic heterocycles. The first-order valence-electron chi connectivity index (χ1n) is 12.5. The molecule has 0 fully saturated rings. The van der Waals surface area contributed by atoms with Crippen LogP contribution in [0.3, 0.4) is 0 Å². The van der Waals surface area contributed by atoms with Gasteiger partial charge in [-0.2, -0.15) is 0 Å². The summed E-state index contributed by atoms with van der Waals surface area (Å²) < 4.78 is 28.8. The summed E-state index contributed by atoms with van der Waals surface area (Å²) >= 11 is 5.99. The molecule has 38 heavy (non-hydrogen) atoms. The Morgan fingerprint density at radius 1 is 0.921 bits per heavy atom. The summed E-state index contributed by atoms with van der Waals surface area (Å²) in [5.41, 5.74) is 2.92. The van der Waals surface area contributed by atoms with E-state index in [1.807, 2.05) is 38.1 Å². The van der Waals surface area contributed by atoms with Gasteiger partial charge in [0.2, 0.25) is 11.8 Å². The lowest BCUT2D eigenvalue weighted by Gasteiger charge is -2.32. The number of benzene rings is 3. The molecular formula is C29H34ClN3O4S. The van der Waals surface area contributed by atoms with Crippen molar-refractivity contribution in [3.63, 3.8) is 0 Å². The van der Waals surface area contributed by atoms with Crippen molar-refractivity contribution in [3.05, 3.63) is 94.5 Å². The highest BCUT2D eigenvalue weighted by atomic mass is 35.5. The molecule has 0 bridgehead atoms. The molecule has 0 saturated carbocycles. The van der Waals surface area contributed by atoms with E-state index in [1.54, 1.807) is 38.1 Å². The van der Waals surface area contributed by atoms with Gasteiger partial charge in [0.15, 0.2) is 0 Å². The van der Waals surface area contributed by atoms with Crippen LogP contribution >= 0.6 is 11.6 Å². The maximum absolute atomic E-state index is 13.9. The third kappa shape index (κ3) is 6.94. The lowest BCUT2D eigenvalue weighted by atomic mass is 10.1. The van der Waals surface area contributed by atoms with Crippen molar-refractivity contribution in [1.82, 2.24) is 10.2 Å². The van der Waals surface area contributed by atoms with Gasteiger partial charge in [0.25, 0.3) is 10.0 Å². The van der Waals surface area contributed by atoms with Gasteiger partial charge >= 0.3 is 0 Å². The van der Waals surface area contributed by atoms with Crippen LogP contribution in [-0.2, 0) is 26.2 Å². The molecular weight excluding hydrogens is 522 g/mol. The van der Waals surface area contributed by atoms with E-state index in [-0.39, 0.29) is 17.3 Å². The molecule has 7 nitrogen and oxygen atoms in total. The average molecular weight is 556 g/mol. The van der Waals surface area contributed by atoms with Crippen LogP contribution in [0.4, 0.5) is 5.69 Å². The third-order valence-electron chi connectivity index (χ3n) is 6.38. The first-order chi connectivity index (χ1) is 18.1. The van der Waals surface area contributed by atoms with Crippen molar-refractivity contribution in [1.29, 1.82) is 0 Å². The molecule has 0 aliphatic rings. The molecule has 1 atom stereocenters. The van der Waals surface area contributed by atoms with Crippen LogP contribution in [0.2, 0.25) is 5.02 Å². The van der Waals surface area contributed by atoms with Gasteiger partial charge in [-0.25, -0.2) is 8.42 Å². The molecule has 9 heteroatoms. The second-order valence-electron chi connectivity index (χ2n) is 9.17. The van der Waals surface area contributed by atoms with Crippen LogP contribution in [0.25, 0.3) is 0 Å². The number of halogens is 1. The molecule has 1 unspecified atom stereocenters. The molecule has 1 N–H and O–H groups in total. The molecule has 0 spiro atoms. The number of aryl methyl sites for hydroxylation is 2. The molecule has 0 aliphatic heterocycles. The van der Waals surface area contributed by atoms with E-state index >= 15 is 0 Å². The van der Waals surface area contributed by atoms with E-state index in [0.717, 1.165) is 21.9 Å². The number of anilines is 1. The van der Waals surface area contributed by atoms with Crippen LogP contribution in [0.15, 0.2) is 77.7 Å². The Bertz CT molecular complexity index is 1380. The van der Waals surface area contributed by atoms with Crippen molar-refractivity contribution in [2.24, 2.45) is 0 Å². The number of carbonyl (C=O) groups is 2. The summed E-state index contributed by atoms with van der Waals surface area (Å²) in [5, 5.41) is 3.25. The van der Waals surface area contributed by atoms with E-state index in [4.69, 9.17) is 11.6 Å². The van der Waals surface area contributed by atoms with Gasteiger partial charge in [0.1, 0.15) is 12.6 Å². The number of amides is 2. The predicted molar refractivity (Wildman–Crippen MR) is 152 cm³/mol. The summed E-state index contributed by atoms with van der Waals surface area (Å²) in [6.45, 7) is 7.49. The lowest BCUT2D eigenvalue weighted by Crippen LogP contribution is -2.51. The summed E-state index contributed by atoms with van der Waals surface area (Å²) in [5.74, 6) is -0.787. The molecule has 202 valence electrons. The minimum Gasteiger partial charge on any atom is -0.354 e. The Morgan fingerprint density at radius 3 is 2.13 bits per heavy atom. The third-order valence-corrected chi connectivity index (χ3v) is 8.41. The number of sulfonamides is 1. The lowest BCUT2D eigenvalue weighted by molar-refractivity contribution is -0.139. The maximum Gasteiger partial charge on any atom is 0.264 e. The number of carbonyl (C=O) groups excluding carboxylic acids is 2. The number of hydrogen-bond donors (Lipinski definition) is 1. The minimum atomic E-state index is -4.14. The molecule has 3 aromatic rings. The minimum absolute atomic E-state index is 0.0112. The fourth-order valence-corrected chi connectivity index (χ4v) is 5.64. The monoisotopic (exact) mass is 555 g/mol. The molecule has 0 heterocycles. The van der Waals surface area contributed by atoms with Crippen LogP contribution < -0.4 is 9.62 Å². The van der Waals surface area contributed by atoms with Crippen molar-refractivity contribution < 1.29 is 18.0 Å². The standard InChI is InChI=1S/C29H34ClN3O4S/c1-5-18-31-29(35)23(4)32(19-24-12-8-6-10-21(24)2)28(34)20-33(27-13-9-7-11-22(27)3)38(36,37)26-16-14-25(30)15-17-26/h6-17,23H,5,18-20H2,1-4H3,(H,31,35). The number of para-hydroxylation sites is 1. The van der Waals surface area contributed by atoms with Gasteiger partial charge in [-0.3, -0.25) is 13.9 Å². The molecule has 3 rings (SSSR count). The number of rotatable bonds is 11. The van der Waals surface area contributed by atoms with Gasteiger partial charge in [0, 0.05) is 18.1 Å². The van der Waals surface area contributed by atoms with Gasteiger partial charge in [-0.15, -0.1) is 0 Å². The first-order valence-corrected chi connectivity index (χ1v) is 14.3. The first kappa shape index (κ1) is 29.2. The van der Waals surface area contributed by atoms with E-state index < -0.39 is 28.5 Å². The van der Waals surface area contributed by atoms with E-state index in [9.17, 15) is 18.0 Å². The average Bonchev–Trinajstić information content (AvgIpc) is 2.90. The smallest absolute Gasteiger partial charge is 0.264 e. The summed E-state index contributed by atoms with van der Waals surface area (Å²) in [4.78, 5) is 28.3. The highest BCUT2D eigenvalue weighted by Gasteiger charge is 2.33. The SMILES string of the molecule is CCCNC(=O)C(C)N(Cc1ccccc1C)C(=O)CN(c1ccccc1C)S(=O)(=O)c1ccc(Cl)cc1. The fraction of sp³-hybridized carbons (Fsp3) is 0.310. The summed E-state index contributed by atoms with van der Waals surface area (Å²) in [7, 11) is -4.14. The zero-order valence-corrected chi connectivity index (χ0v) is 23.7. The van der Waals surface area contributed by atoms with E-state index in [2.05, 4.69) is 5.32 Å². The normalized spacial score (nSPS) is 12.0. The van der Waals surface area contributed by atoms with E-state index in [0.29, 0.717) is 22.8 Å². The number of nitrogens with one attached hydrogen (secondary N) is 1. The predicted octanol–water partition coefficient (Wildman–Crippen LogP) is 5.10. The Kier molecular flexibility index (Phi) is 9.94. The fourth-order valence-electron chi connectivity index (χ4n) is 4.04. The molecule has 2 amide bonds. The Labute approximate surface area is 230 Å². The van der Waals surface area contributed by atoms with Crippen molar-refractivity contribution in [2.45, 2.75) is 51.6 Å². The molecule has 0 radical (unpaired) electrons. The Balaban J connectivity index is 2.04. The zero-order chi connectivity index (χ0) is 27.9. The number of nitrogens with zero attached hydrogens (tertiary/aromatic N) is 2. The van der Waals surface area contributed by atoms with Crippen molar-refractivity contribution >= 4 is 39.1 Å². The van der Waals surface area contributed by atoms with Gasteiger partial charge in [-0.05, 0) is 74.2 Å². The highest BCUT2D eigenvalue weighted by Crippen LogP contribution is 2.28. The van der Waals surface area contributed by atoms with Crippen molar-refractivity contribution in [2.75, 3.05) is 17.4 Å². The van der Waals surface area contributed by atoms with E-state index in [1.165, 1.54) is 29.2 Å². The molecule has 0 saturated heterocycles. The highest BCUT2D eigenvalue weighted by molar-refractivity contribution is 7.92. The number of hydrogen-bond acceptors (Lipinski definition) is 4. The topological polar surface area (TPSA) is 86.8 Å². The van der Waals surface area contributed by atoms with Gasteiger partial charge in [0.05, 0.1) is 10.6 Å². The van der Waals surface area contributed by atoms with Gasteiger partial charge in [-0.1, -0.05) is 61.0 Å². The maximum atomic E-state index is 13.9. The zero-order valence-electron chi connectivity index (χ0n) is 22.1. The largest absolute Gasteiger partial charge is 0.354 e. The Hall–Kier alpha value is -3.36. The molecule has 0 aliphatic carbocycles. The second-order valence-corrected chi connectivity index (χ2v) is 11.5. The van der Waals surface area contributed by atoms with Crippen molar-refractivity contribution in [3.8, 4) is 0 Å². The van der Waals surface area contributed by atoms with Crippen LogP contribution in [0, 0.1) is 13.8 Å². The Morgan fingerprint density at radius 2 is 1.53 bits per heavy atom. The van der Waals surface area contributed by atoms with Crippen LogP contribution in [0.1, 0.15) is 37.0 Å². The summed E-state index contributed by atoms with van der Waals surface area (Å²) in [6.07, 6.45) is 0.755. The summed E-state index contributed by atoms with van der Waals surface area (Å²) in [6, 6.07) is 19.6. The van der Waals surface area contributed by atoms with Crippen LogP contribution in [0.5, 0.6) is 0 Å². The van der Waals surface area contributed by atoms with Gasteiger partial charge < -0.3 is 10.2 Å². The molecule has 3 aromatic carbocycles. The second kappa shape index (κ2) is 12.9. The quantitative estimate of drug-likeness (QED) is 0.357.